The van der Waals surface area contributed by atoms with Gasteiger partial charge in [0.1, 0.15) is 11.5 Å². The fourth-order valence-corrected chi connectivity index (χ4v) is 3.06. The summed E-state index contributed by atoms with van der Waals surface area (Å²) in [5.74, 6) is -0.253. The summed E-state index contributed by atoms with van der Waals surface area (Å²) >= 11 is 0. The monoisotopic (exact) mass is 387 g/mol. The molecule has 0 saturated heterocycles. The Morgan fingerprint density at radius 1 is 0.931 bits per heavy atom. The van der Waals surface area contributed by atoms with Gasteiger partial charge in [0.2, 0.25) is 11.8 Å². The highest BCUT2D eigenvalue weighted by atomic mass is 19.1. The first-order valence-electron chi connectivity index (χ1n) is 9.20. The van der Waals surface area contributed by atoms with E-state index in [1.165, 1.54) is 12.1 Å². The lowest BCUT2D eigenvalue weighted by Crippen LogP contribution is -2.12. The number of halogens is 1. The van der Waals surface area contributed by atoms with Crippen LogP contribution in [0.15, 0.2) is 83.6 Å². The molecular weight excluding hydrogens is 369 g/mol. The zero-order valence-electron chi connectivity index (χ0n) is 15.5. The number of pyridine rings is 1. The van der Waals surface area contributed by atoms with Crippen LogP contribution in [0.2, 0.25) is 0 Å². The van der Waals surface area contributed by atoms with E-state index in [9.17, 15) is 9.18 Å². The van der Waals surface area contributed by atoms with Crippen molar-refractivity contribution in [2.75, 3.05) is 5.32 Å². The second-order valence-corrected chi connectivity index (χ2v) is 6.51. The van der Waals surface area contributed by atoms with E-state index in [2.05, 4.69) is 15.5 Å². The number of anilines is 1. The maximum atomic E-state index is 13.3. The van der Waals surface area contributed by atoms with E-state index in [1.54, 1.807) is 36.7 Å². The van der Waals surface area contributed by atoms with Crippen LogP contribution < -0.4 is 5.32 Å². The van der Waals surface area contributed by atoms with Gasteiger partial charge in [-0.1, -0.05) is 35.5 Å². The van der Waals surface area contributed by atoms with Gasteiger partial charge in [-0.05, 0) is 53.9 Å². The van der Waals surface area contributed by atoms with Crippen molar-refractivity contribution in [3.05, 3.63) is 90.5 Å². The number of benzene rings is 2. The molecule has 0 radical (unpaired) electrons. The Morgan fingerprint density at radius 2 is 1.66 bits per heavy atom. The first kappa shape index (κ1) is 18.6. The number of aromatic nitrogens is 2. The van der Waals surface area contributed by atoms with Crippen molar-refractivity contribution in [2.45, 2.75) is 12.8 Å². The van der Waals surface area contributed by atoms with Crippen LogP contribution in [0.4, 0.5) is 10.3 Å². The molecule has 0 saturated carbocycles. The minimum absolute atomic E-state index is 0.175. The molecule has 1 amide bonds. The van der Waals surface area contributed by atoms with Crippen LogP contribution >= 0.6 is 0 Å². The first-order chi connectivity index (χ1) is 14.2. The van der Waals surface area contributed by atoms with Crippen LogP contribution in [0.3, 0.4) is 0 Å². The van der Waals surface area contributed by atoms with Gasteiger partial charge in [0.05, 0.1) is 5.56 Å². The highest BCUT2D eigenvalue weighted by Gasteiger charge is 2.21. The molecule has 4 aromatic rings. The number of amides is 1. The molecule has 0 unspecified atom stereocenters. The van der Waals surface area contributed by atoms with Gasteiger partial charge in [-0.2, -0.15) is 0 Å². The highest BCUT2D eigenvalue weighted by molar-refractivity contribution is 5.97. The van der Waals surface area contributed by atoms with Crippen molar-refractivity contribution in [3.63, 3.8) is 0 Å². The van der Waals surface area contributed by atoms with Crippen LogP contribution in [-0.4, -0.2) is 16.0 Å². The van der Waals surface area contributed by atoms with Crippen molar-refractivity contribution in [3.8, 4) is 22.4 Å². The number of hydrogen-bond donors (Lipinski definition) is 1. The summed E-state index contributed by atoms with van der Waals surface area (Å²) in [5.41, 5.74) is 3.72. The summed E-state index contributed by atoms with van der Waals surface area (Å²) in [4.78, 5) is 16.5. The highest BCUT2D eigenvalue weighted by Crippen LogP contribution is 2.37. The summed E-state index contributed by atoms with van der Waals surface area (Å²) in [6, 6.07) is 19.4. The van der Waals surface area contributed by atoms with E-state index in [4.69, 9.17) is 4.52 Å². The molecule has 2 aromatic carbocycles. The van der Waals surface area contributed by atoms with Gasteiger partial charge < -0.3 is 4.52 Å². The van der Waals surface area contributed by atoms with Gasteiger partial charge >= 0.3 is 0 Å². The molecule has 0 aliphatic carbocycles. The van der Waals surface area contributed by atoms with E-state index in [-0.39, 0.29) is 17.6 Å². The lowest BCUT2D eigenvalue weighted by Gasteiger charge is -2.06. The largest absolute Gasteiger partial charge is 0.337 e. The quantitative estimate of drug-likeness (QED) is 0.499. The van der Waals surface area contributed by atoms with Gasteiger partial charge in [-0.3, -0.25) is 15.1 Å². The Balaban J connectivity index is 1.61. The SMILES string of the molecule is O=C(CCc1ccccc1)Nc1onc(-c2ccc(F)cc2)c1-c1ccncc1. The summed E-state index contributed by atoms with van der Waals surface area (Å²) in [7, 11) is 0. The normalized spacial score (nSPS) is 10.7. The van der Waals surface area contributed by atoms with Crippen LogP contribution in [0.1, 0.15) is 12.0 Å². The molecule has 0 aliphatic rings. The molecule has 0 bridgehead atoms. The Hall–Kier alpha value is -3.80. The lowest BCUT2D eigenvalue weighted by atomic mass is 10.0. The Morgan fingerprint density at radius 3 is 2.38 bits per heavy atom. The van der Waals surface area contributed by atoms with Crippen LogP contribution in [0.5, 0.6) is 0 Å². The Labute approximate surface area is 167 Å². The summed E-state index contributed by atoms with van der Waals surface area (Å²) in [5, 5.41) is 6.95. The molecule has 0 spiro atoms. The van der Waals surface area contributed by atoms with E-state index in [1.807, 2.05) is 30.3 Å². The van der Waals surface area contributed by atoms with Crippen molar-refractivity contribution < 1.29 is 13.7 Å². The van der Waals surface area contributed by atoms with Gasteiger partial charge in [0, 0.05) is 24.4 Å². The maximum Gasteiger partial charge on any atom is 0.239 e. The number of hydrogen-bond acceptors (Lipinski definition) is 4. The first-order valence-corrected chi connectivity index (χ1v) is 9.20. The van der Waals surface area contributed by atoms with Crippen molar-refractivity contribution in [1.82, 2.24) is 10.1 Å². The van der Waals surface area contributed by atoms with Gasteiger partial charge in [-0.15, -0.1) is 0 Å². The minimum Gasteiger partial charge on any atom is -0.337 e. The summed E-state index contributed by atoms with van der Waals surface area (Å²) < 4.78 is 18.8. The van der Waals surface area contributed by atoms with Gasteiger partial charge in [0.25, 0.3) is 0 Å². The van der Waals surface area contributed by atoms with Gasteiger partial charge in [0.15, 0.2) is 0 Å². The lowest BCUT2D eigenvalue weighted by molar-refractivity contribution is -0.116. The standard InChI is InChI=1S/C23H18FN3O2/c24-19-9-7-18(8-10-19)22-21(17-12-14-25-15-13-17)23(29-27-22)26-20(28)11-6-16-4-2-1-3-5-16/h1-5,7-10,12-15H,6,11H2,(H,26,28). The molecule has 4 rings (SSSR count). The predicted molar refractivity (Wildman–Crippen MR) is 109 cm³/mol. The molecule has 0 fully saturated rings. The topological polar surface area (TPSA) is 68.0 Å². The fraction of sp³-hybridized carbons (Fsp3) is 0.0870. The molecule has 0 atom stereocenters. The average molecular weight is 387 g/mol. The third kappa shape index (κ3) is 4.38. The van der Waals surface area contributed by atoms with E-state index in [0.29, 0.717) is 29.7 Å². The van der Waals surface area contributed by atoms with E-state index in [0.717, 1.165) is 11.1 Å². The molecule has 5 nitrogen and oxygen atoms in total. The Bertz CT molecular complexity index is 1090. The predicted octanol–water partition coefficient (Wildman–Crippen LogP) is 5.11. The third-order valence-corrected chi connectivity index (χ3v) is 4.52. The molecule has 144 valence electrons. The summed E-state index contributed by atoms with van der Waals surface area (Å²) in [6.07, 6.45) is 4.23. The van der Waals surface area contributed by atoms with Crippen molar-refractivity contribution in [1.29, 1.82) is 0 Å². The number of nitrogens with zero attached hydrogens (tertiary/aromatic N) is 2. The average Bonchev–Trinajstić information content (AvgIpc) is 3.17. The van der Waals surface area contributed by atoms with Crippen LogP contribution in [0.25, 0.3) is 22.4 Å². The van der Waals surface area contributed by atoms with Crippen LogP contribution in [0, 0.1) is 5.82 Å². The van der Waals surface area contributed by atoms with Crippen LogP contribution in [-0.2, 0) is 11.2 Å². The minimum atomic E-state index is -0.336. The van der Waals surface area contributed by atoms with E-state index < -0.39 is 0 Å². The molecule has 29 heavy (non-hydrogen) atoms. The smallest absolute Gasteiger partial charge is 0.239 e. The molecular formula is C23H18FN3O2. The molecule has 0 aliphatic heterocycles. The second-order valence-electron chi connectivity index (χ2n) is 6.51. The zero-order valence-corrected chi connectivity index (χ0v) is 15.5. The number of aryl methyl sites for hydroxylation is 1. The molecule has 2 heterocycles. The zero-order chi connectivity index (χ0) is 20.1. The fourth-order valence-electron chi connectivity index (χ4n) is 3.06. The molecule has 2 aromatic heterocycles. The Kier molecular flexibility index (Phi) is 5.42. The number of carbonyl (C=O) groups is 1. The van der Waals surface area contributed by atoms with Gasteiger partial charge in [-0.25, -0.2) is 4.39 Å². The van der Waals surface area contributed by atoms with Crippen molar-refractivity contribution >= 4 is 11.8 Å². The number of nitrogens with one attached hydrogen (secondary N) is 1. The molecule has 6 heteroatoms. The maximum absolute atomic E-state index is 13.3. The second kappa shape index (κ2) is 8.48. The van der Waals surface area contributed by atoms with E-state index >= 15 is 0 Å². The van der Waals surface area contributed by atoms with Crippen molar-refractivity contribution in [2.24, 2.45) is 0 Å². The number of rotatable bonds is 6. The summed E-state index contributed by atoms with van der Waals surface area (Å²) in [6.45, 7) is 0. The molecule has 1 N–H and O–H groups in total. The third-order valence-electron chi connectivity index (χ3n) is 4.52. The number of carbonyl (C=O) groups excluding carboxylic acids is 1.